The van der Waals surface area contributed by atoms with Crippen molar-refractivity contribution < 1.29 is 24.3 Å². The summed E-state index contributed by atoms with van der Waals surface area (Å²) in [4.78, 5) is 43.5. The van der Waals surface area contributed by atoms with Crippen molar-refractivity contribution in [3.05, 3.63) is 11.8 Å². The van der Waals surface area contributed by atoms with Crippen LogP contribution in [0.5, 0.6) is 0 Å². The summed E-state index contributed by atoms with van der Waals surface area (Å²) in [6.45, 7) is 1.15. The molecule has 1 aliphatic heterocycles. The molecule has 1 saturated heterocycles. The molecule has 0 unspecified atom stereocenters. The van der Waals surface area contributed by atoms with Crippen LogP contribution in [-0.2, 0) is 14.4 Å². The third-order valence-electron chi connectivity index (χ3n) is 1.64. The SMILES string of the molecule is CC(=O)C=C(O)C1C(=O)NC(=O)NC1=O. The average molecular weight is 212 g/mol. The minimum absolute atomic E-state index is 0.509. The molecule has 3 N–H and O–H groups in total. The zero-order valence-electron chi connectivity index (χ0n) is 7.73. The summed E-state index contributed by atoms with van der Waals surface area (Å²) in [7, 11) is 0. The van der Waals surface area contributed by atoms with E-state index in [0.29, 0.717) is 0 Å². The molecule has 0 radical (unpaired) electrons. The van der Waals surface area contributed by atoms with Gasteiger partial charge in [0.2, 0.25) is 11.8 Å². The molecule has 15 heavy (non-hydrogen) atoms. The van der Waals surface area contributed by atoms with Crippen molar-refractivity contribution in [2.24, 2.45) is 5.92 Å². The van der Waals surface area contributed by atoms with Crippen LogP contribution in [0.1, 0.15) is 6.92 Å². The van der Waals surface area contributed by atoms with E-state index in [2.05, 4.69) is 0 Å². The number of hydrogen-bond donors (Lipinski definition) is 3. The van der Waals surface area contributed by atoms with Crippen molar-refractivity contribution in [1.29, 1.82) is 0 Å². The van der Waals surface area contributed by atoms with E-state index < -0.39 is 35.3 Å². The van der Waals surface area contributed by atoms with Crippen LogP contribution < -0.4 is 10.6 Å². The third-order valence-corrected chi connectivity index (χ3v) is 1.64. The lowest BCUT2D eigenvalue weighted by Gasteiger charge is -2.19. The van der Waals surface area contributed by atoms with Gasteiger partial charge in [-0.1, -0.05) is 0 Å². The van der Waals surface area contributed by atoms with Crippen molar-refractivity contribution in [3.8, 4) is 0 Å². The van der Waals surface area contributed by atoms with Crippen LogP contribution in [0.25, 0.3) is 0 Å². The Kier molecular flexibility index (Phi) is 2.84. The number of hydrogen-bond acceptors (Lipinski definition) is 5. The standard InChI is InChI=1S/C8H8N2O5/c1-3(11)2-4(12)5-6(13)9-8(15)10-7(5)14/h2,5,12H,1H3,(H2,9,10,13,14,15). The zero-order valence-corrected chi connectivity index (χ0v) is 7.73. The molecule has 7 nitrogen and oxygen atoms in total. The van der Waals surface area contributed by atoms with E-state index in [0.717, 1.165) is 13.0 Å². The first-order valence-corrected chi connectivity index (χ1v) is 3.98. The normalized spacial score (nSPS) is 18.5. The number of ketones is 1. The fourth-order valence-corrected chi connectivity index (χ4v) is 1.08. The van der Waals surface area contributed by atoms with Gasteiger partial charge in [0.05, 0.1) is 0 Å². The van der Waals surface area contributed by atoms with E-state index >= 15 is 0 Å². The number of urea groups is 1. The first-order valence-electron chi connectivity index (χ1n) is 3.98. The second-order valence-corrected chi connectivity index (χ2v) is 2.92. The number of aliphatic hydroxyl groups excluding tert-OH is 1. The van der Waals surface area contributed by atoms with E-state index in [1.807, 2.05) is 0 Å². The minimum Gasteiger partial charge on any atom is -0.511 e. The Morgan fingerprint density at radius 2 is 1.73 bits per heavy atom. The maximum atomic E-state index is 11.1. The maximum Gasteiger partial charge on any atom is 0.328 e. The summed E-state index contributed by atoms with van der Waals surface area (Å²) in [5.74, 6) is -4.67. The number of amides is 4. The number of nitrogens with one attached hydrogen (secondary N) is 2. The summed E-state index contributed by atoms with van der Waals surface area (Å²) in [6, 6.07) is -0.947. The molecule has 1 heterocycles. The Morgan fingerprint density at radius 1 is 1.27 bits per heavy atom. The molecule has 7 heteroatoms. The molecule has 0 spiro atoms. The van der Waals surface area contributed by atoms with E-state index in [4.69, 9.17) is 0 Å². The fraction of sp³-hybridized carbons (Fsp3) is 0.250. The highest BCUT2D eigenvalue weighted by Gasteiger charge is 2.37. The van der Waals surface area contributed by atoms with E-state index in [-0.39, 0.29) is 0 Å². The summed E-state index contributed by atoms with van der Waals surface area (Å²) in [6.07, 6.45) is 0.750. The minimum atomic E-state index is -1.55. The van der Waals surface area contributed by atoms with Gasteiger partial charge in [-0.2, -0.15) is 0 Å². The van der Waals surface area contributed by atoms with Crippen LogP contribution in [0.4, 0.5) is 4.79 Å². The molecular formula is C8H8N2O5. The molecule has 1 aliphatic rings. The van der Waals surface area contributed by atoms with Gasteiger partial charge in [0, 0.05) is 6.08 Å². The lowest BCUT2D eigenvalue weighted by atomic mass is 10.0. The highest BCUT2D eigenvalue weighted by molar-refractivity contribution is 6.17. The number of rotatable bonds is 2. The van der Waals surface area contributed by atoms with Gasteiger partial charge in [-0.05, 0) is 6.92 Å². The Balaban J connectivity index is 2.94. The van der Waals surface area contributed by atoms with Crippen LogP contribution in [0.2, 0.25) is 0 Å². The molecule has 1 rings (SSSR count). The van der Waals surface area contributed by atoms with Gasteiger partial charge in [0.25, 0.3) is 0 Å². The molecule has 0 aromatic carbocycles. The summed E-state index contributed by atoms with van der Waals surface area (Å²) >= 11 is 0. The van der Waals surface area contributed by atoms with Gasteiger partial charge < -0.3 is 5.11 Å². The molecule has 0 saturated carbocycles. The van der Waals surface area contributed by atoms with Crippen LogP contribution in [0.3, 0.4) is 0 Å². The van der Waals surface area contributed by atoms with Crippen LogP contribution in [0, 0.1) is 5.92 Å². The van der Waals surface area contributed by atoms with Gasteiger partial charge in [0.15, 0.2) is 11.7 Å². The first-order chi connectivity index (χ1) is 6.91. The van der Waals surface area contributed by atoms with Crippen molar-refractivity contribution in [3.63, 3.8) is 0 Å². The lowest BCUT2D eigenvalue weighted by molar-refractivity contribution is -0.135. The monoisotopic (exact) mass is 212 g/mol. The summed E-state index contributed by atoms with van der Waals surface area (Å²) in [5, 5.41) is 12.9. The molecule has 0 aromatic heterocycles. The smallest absolute Gasteiger partial charge is 0.328 e. The van der Waals surface area contributed by atoms with Crippen molar-refractivity contribution in [1.82, 2.24) is 10.6 Å². The number of imide groups is 2. The molecule has 0 aliphatic carbocycles. The van der Waals surface area contributed by atoms with Gasteiger partial charge in [-0.15, -0.1) is 0 Å². The van der Waals surface area contributed by atoms with Gasteiger partial charge in [-0.25, -0.2) is 4.79 Å². The Labute approximate surface area is 84.1 Å². The lowest BCUT2D eigenvalue weighted by Crippen LogP contribution is -2.56. The predicted molar refractivity (Wildman–Crippen MR) is 46.6 cm³/mol. The average Bonchev–Trinajstić information content (AvgIpc) is 1.99. The quantitative estimate of drug-likeness (QED) is 0.308. The molecule has 0 atom stereocenters. The highest BCUT2D eigenvalue weighted by atomic mass is 16.3. The summed E-state index contributed by atoms with van der Waals surface area (Å²) < 4.78 is 0. The van der Waals surface area contributed by atoms with Crippen LogP contribution in [0.15, 0.2) is 11.8 Å². The van der Waals surface area contributed by atoms with Crippen LogP contribution >= 0.6 is 0 Å². The third kappa shape index (κ3) is 2.39. The number of allylic oxidation sites excluding steroid dienone is 1. The fourth-order valence-electron chi connectivity index (χ4n) is 1.08. The van der Waals surface area contributed by atoms with Crippen molar-refractivity contribution in [2.75, 3.05) is 0 Å². The zero-order chi connectivity index (χ0) is 11.6. The highest BCUT2D eigenvalue weighted by Crippen LogP contribution is 2.11. The maximum absolute atomic E-state index is 11.1. The molecule has 80 valence electrons. The van der Waals surface area contributed by atoms with Crippen molar-refractivity contribution >= 4 is 23.6 Å². The van der Waals surface area contributed by atoms with Gasteiger partial charge in [0.1, 0.15) is 5.76 Å². The number of barbiturate groups is 1. The second kappa shape index (κ2) is 3.91. The van der Waals surface area contributed by atoms with Gasteiger partial charge in [-0.3, -0.25) is 25.0 Å². The Morgan fingerprint density at radius 3 is 2.13 bits per heavy atom. The topological polar surface area (TPSA) is 113 Å². The van der Waals surface area contributed by atoms with E-state index in [1.165, 1.54) is 0 Å². The molecule has 0 aromatic rings. The van der Waals surface area contributed by atoms with E-state index in [1.54, 1.807) is 10.6 Å². The molecule has 1 fully saturated rings. The largest absolute Gasteiger partial charge is 0.511 e. The van der Waals surface area contributed by atoms with Crippen molar-refractivity contribution in [2.45, 2.75) is 6.92 Å². The number of carbonyl (C=O) groups excluding carboxylic acids is 4. The molecular weight excluding hydrogens is 204 g/mol. The Bertz CT molecular complexity index is 364. The predicted octanol–water partition coefficient (Wildman–Crippen LogP) is -1.00. The summed E-state index contributed by atoms with van der Waals surface area (Å²) in [5.41, 5.74) is 0. The molecule has 0 bridgehead atoms. The van der Waals surface area contributed by atoms with E-state index in [9.17, 15) is 24.3 Å². The van der Waals surface area contributed by atoms with Gasteiger partial charge >= 0.3 is 6.03 Å². The number of aliphatic hydroxyl groups is 1. The molecule has 4 amide bonds. The second-order valence-electron chi connectivity index (χ2n) is 2.92. The number of carbonyl (C=O) groups is 4. The first kappa shape index (κ1) is 10.9. The van der Waals surface area contributed by atoms with Crippen LogP contribution in [-0.4, -0.2) is 28.7 Å². The Hall–Kier alpha value is -2.18.